The van der Waals surface area contributed by atoms with Gasteiger partial charge in [-0.3, -0.25) is 4.79 Å². The van der Waals surface area contributed by atoms with Crippen molar-refractivity contribution in [2.45, 2.75) is 52.6 Å². The summed E-state index contributed by atoms with van der Waals surface area (Å²) in [5.41, 5.74) is 2.38. The summed E-state index contributed by atoms with van der Waals surface area (Å²) in [5, 5.41) is 0. The van der Waals surface area contributed by atoms with Crippen molar-refractivity contribution < 1.29 is 14.3 Å². The molecule has 2 aliphatic heterocycles. The Bertz CT molecular complexity index is 686. The van der Waals surface area contributed by atoms with E-state index in [9.17, 15) is 9.59 Å². The van der Waals surface area contributed by atoms with Crippen molar-refractivity contribution in [2.75, 3.05) is 26.2 Å². The fourth-order valence-corrected chi connectivity index (χ4v) is 4.10. The fourth-order valence-electron chi connectivity index (χ4n) is 4.10. The molecule has 0 radical (unpaired) electrons. The van der Waals surface area contributed by atoms with Crippen LogP contribution in [0.15, 0.2) is 12.1 Å². The van der Waals surface area contributed by atoms with Crippen molar-refractivity contribution in [3.63, 3.8) is 0 Å². The number of hydrogen-bond donors (Lipinski definition) is 0. The molecule has 0 aliphatic carbocycles. The average Bonchev–Trinajstić information content (AvgIpc) is 2.55. The molecule has 1 saturated heterocycles. The zero-order chi connectivity index (χ0) is 18.2. The predicted octanol–water partition coefficient (Wildman–Crippen LogP) is 3.57. The van der Waals surface area contributed by atoms with Gasteiger partial charge in [-0.15, -0.1) is 0 Å². The van der Waals surface area contributed by atoms with Crippen LogP contribution in [0.3, 0.4) is 0 Å². The molecule has 1 aromatic rings. The number of rotatable bonds is 2. The molecule has 5 heteroatoms. The van der Waals surface area contributed by atoms with Gasteiger partial charge in [0.2, 0.25) is 0 Å². The Balaban J connectivity index is 1.76. The maximum Gasteiger partial charge on any atom is 0.319 e. The van der Waals surface area contributed by atoms with E-state index in [2.05, 4.69) is 0 Å². The van der Waals surface area contributed by atoms with Gasteiger partial charge in [0.1, 0.15) is 11.4 Å². The second kappa shape index (κ2) is 6.70. The summed E-state index contributed by atoms with van der Waals surface area (Å²) in [6.07, 6.45) is 1.83. The third-order valence-corrected chi connectivity index (χ3v) is 5.51. The second-order valence-corrected chi connectivity index (χ2v) is 7.28. The molecule has 0 saturated carbocycles. The van der Waals surface area contributed by atoms with Gasteiger partial charge in [-0.05, 0) is 44.9 Å². The number of carbonyl (C=O) groups is 2. The number of hydrogen-bond acceptors (Lipinski definition) is 3. The van der Waals surface area contributed by atoms with Crippen molar-refractivity contribution in [1.82, 2.24) is 9.80 Å². The number of benzene rings is 1. The number of aryl methyl sites for hydroxylation is 2. The normalized spacial score (nSPS) is 18.7. The second-order valence-electron chi connectivity index (χ2n) is 7.28. The Hall–Kier alpha value is -2.04. The van der Waals surface area contributed by atoms with E-state index in [1.165, 1.54) is 0 Å². The zero-order valence-corrected chi connectivity index (χ0v) is 15.7. The lowest BCUT2D eigenvalue weighted by Crippen LogP contribution is -2.54. The van der Waals surface area contributed by atoms with Crippen LogP contribution in [0.5, 0.6) is 5.75 Å². The van der Waals surface area contributed by atoms with E-state index >= 15 is 0 Å². The number of amides is 2. The molecule has 1 spiro atoms. The largest absolute Gasteiger partial charge is 0.486 e. The maximum absolute atomic E-state index is 12.7. The van der Waals surface area contributed by atoms with Gasteiger partial charge < -0.3 is 14.5 Å². The Morgan fingerprint density at radius 2 is 1.84 bits per heavy atom. The van der Waals surface area contributed by atoms with Gasteiger partial charge in [-0.25, -0.2) is 4.79 Å². The average molecular weight is 344 g/mol. The Morgan fingerprint density at radius 3 is 2.44 bits per heavy atom. The number of ketones is 1. The molecule has 136 valence electrons. The SMILES string of the molecule is CCN(CC)C(=O)N1CCC2(CC1)CC(=O)c1c(C)cc(C)cc1O2. The standard InChI is InChI=1S/C20H28N2O3/c1-5-21(6-2)19(24)22-9-7-20(8-10-22)13-16(23)18-15(4)11-14(3)12-17(18)25-20/h11-12H,5-10,13H2,1-4H3. The van der Waals surface area contributed by atoms with Crippen molar-refractivity contribution in [3.05, 3.63) is 28.8 Å². The van der Waals surface area contributed by atoms with E-state index in [-0.39, 0.29) is 11.8 Å². The lowest BCUT2D eigenvalue weighted by atomic mass is 9.81. The highest BCUT2D eigenvalue weighted by molar-refractivity contribution is 6.01. The van der Waals surface area contributed by atoms with E-state index in [4.69, 9.17) is 4.74 Å². The summed E-state index contributed by atoms with van der Waals surface area (Å²) in [4.78, 5) is 29.0. The summed E-state index contributed by atoms with van der Waals surface area (Å²) < 4.78 is 6.36. The van der Waals surface area contributed by atoms with Crippen molar-refractivity contribution in [1.29, 1.82) is 0 Å². The number of ether oxygens (including phenoxy) is 1. The molecule has 0 aromatic heterocycles. The molecule has 25 heavy (non-hydrogen) atoms. The van der Waals surface area contributed by atoms with Crippen LogP contribution in [-0.2, 0) is 0 Å². The van der Waals surface area contributed by atoms with Crippen LogP contribution in [-0.4, -0.2) is 53.4 Å². The number of urea groups is 1. The van der Waals surface area contributed by atoms with Gasteiger partial charge in [0, 0.05) is 39.0 Å². The number of nitrogens with zero attached hydrogens (tertiary/aromatic N) is 2. The lowest BCUT2D eigenvalue weighted by molar-refractivity contribution is -0.00361. The predicted molar refractivity (Wildman–Crippen MR) is 97.3 cm³/mol. The van der Waals surface area contributed by atoms with Crippen molar-refractivity contribution >= 4 is 11.8 Å². The molecule has 5 nitrogen and oxygen atoms in total. The first-order valence-electron chi connectivity index (χ1n) is 9.26. The van der Waals surface area contributed by atoms with Crippen LogP contribution < -0.4 is 4.74 Å². The minimum absolute atomic E-state index is 0.0917. The highest BCUT2D eigenvalue weighted by atomic mass is 16.5. The first kappa shape index (κ1) is 17.8. The molecule has 0 N–H and O–H groups in total. The van der Waals surface area contributed by atoms with E-state index in [0.29, 0.717) is 32.4 Å². The zero-order valence-electron chi connectivity index (χ0n) is 15.7. The van der Waals surface area contributed by atoms with Crippen LogP contribution in [0.1, 0.15) is 54.6 Å². The highest BCUT2D eigenvalue weighted by Gasteiger charge is 2.44. The van der Waals surface area contributed by atoms with Crippen LogP contribution in [0.25, 0.3) is 0 Å². The first-order chi connectivity index (χ1) is 11.9. The number of Topliss-reactive ketones (excluding diaryl/α,β-unsaturated/α-hetero) is 1. The molecule has 2 amide bonds. The smallest absolute Gasteiger partial charge is 0.319 e. The van der Waals surface area contributed by atoms with E-state index in [0.717, 1.165) is 35.5 Å². The molecule has 0 atom stereocenters. The minimum atomic E-state index is -0.454. The Morgan fingerprint density at radius 1 is 1.20 bits per heavy atom. The molecule has 1 aromatic carbocycles. The summed E-state index contributed by atoms with van der Waals surface area (Å²) in [7, 11) is 0. The van der Waals surface area contributed by atoms with E-state index in [1.807, 2.05) is 49.6 Å². The Labute approximate surface area is 149 Å². The van der Waals surface area contributed by atoms with Gasteiger partial charge in [0.15, 0.2) is 5.78 Å². The van der Waals surface area contributed by atoms with Crippen LogP contribution >= 0.6 is 0 Å². The van der Waals surface area contributed by atoms with E-state index in [1.54, 1.807) is 0 Å². The minimum Gasteiger partial charge on any atom is -0.486 e. The van der Waals surface area contributed by atoms with Gasteiger partial charge in [0.05, 0.1) is 12.0 Å². The quantitative estimate of drug-likeness (QED) is 0.824. The number of likely N-dealkylation sites (tertiary alicyclic amines) is 1. The van der Waals surface area contributed by atoms with Crippen molar-refractivity contribution in [2.24, 2.45) is 0 Å². The van der Waals surface area contributed by atoms with Crippen LogP contribution in [0.2, 0.25) is 0 Å². The molecular weight excluding hydrogens is 316 g/mol. The molecule has 2 heterocycles. The Kier molecular flexibility index (Phi) is 4.76. The fraction of sp³-hybridized carbons (Fsp3) is 0.600. The maximum atomic E-state index is 12.7. The monoisotopic (exact) mass is 344 g/mol. The third-order valence-electron chi connectivity index (χ3n) is 5.51. The van der Waals surface area contributed by atoms with Gasteiger partial charge in [-0.1, -0.05) is 6.07 Å². The molecule has 1 fully saturated rings. The first-order valence-corrected chi connectivity index (χ1v) is 9.26. The number of fused-ring (bicyclic) bond motifs is 1. The third kappa shape index (κ3) is 3.24. The molecular formula is C20H28N2O3. The van der Waals surface area contributed by atoms with Gasteiger partial charge in [0.25, 0.3) is 0 Å². The number of carbonyl (C=O) groups excluding carboxylic acids is 2. The summed E-state index contributed by atoms with van der Waals surface area (Å²) >= 11 is 0. The highest BCUT2D eigenvalue weighted by Crippen LogP contribution is 2.41. The summed E-state index contributed by atoms with van der Waals surface area (Å²) in [6.45, 7) is 10.7. The van der Waals surface area contributed by atoms with E-state index < -0.39 is 5.60 Å². The number of piperidine rings is 1. The summed E-state index contributed by atoms with van der Waals surface area (Å²) in [5.74, 6) is 0.888. The molecule has 2 aliphatic rings. The van der Waals surface area contributed by atoms with Crippen LogP contribution in [0, 0.1) is 13.8 Å². The lowest BCUT2D eigenvalue weighted by Gasteiger charge is -2.45. The molecule has 0 bridgehead atoms. The van der Waals surface area contributed by atoms with Gasteiger partial charge >= 0.3 is 6.03 Å². The molecule has 3 rings (SSSR count). The molecule has 0 unspecified atom stereocenters. The van der Waals surface area contributed by atoms with Gasteiger partial charge in [-0.2, -0.15) is 0 Å². The van der Waals surface area contributed by atoms with Crippen LogP contribution in [0.4, 0.5) is 4.79 Å². The van der Waals surface area contributed by atoms with Crippen molar-refractivity contribution in [3.8, 4) is 5.75 Å². The summed E-state index contributed by atoms with van der Waals surface area (Å²) in [6, 6.07) is 4.09. The topological polar surface area (TPSA) is 49.9 Å².